The van der Waals surface area contributed by atoms with Crippen LogP contribution >= 0.6 is 0 Å². The molecule has 0 bridgehead atoms. The zero-order valence-electron chi connectivity index (χ0n) is 16.7. The van der Waals surface area contributed by atoms with E-state index in [9.17, 15) is 5.11 Å². The van der Waals surface area contributed by atoms with Gasteiger partial charge in [-0.1, -0.05) is 17.3 Å². The Kier molecular flexibility index (Phi) is 4.71. The van der Waals surface area contributed by atoms with Gasteiger partial charge in [-0.15, -0.1) is 0 Å². The van der Waals surface area contributed by atoms with Crippen LogP contribution in [0.15, 0.2) is 59.1 Å². The second-order valence-electron chi connectivity index (χ2n) is 7.47. The van der Waals surface area contributed by atoms with Crippen LogP contribution in [0.2, 0.25) is 0 Å². The van der Waals surface area contributed by atoms with Crippen LogP contribution in [0.25, 0.3) is 22.3 Å². The molecule has 0 radical (unpaired) electrons. The molecule has 0 amide bonds. The maximum absolute atomic E-state index is 9.44. The second-order valence-corrected chi connectivity index (χ2v) is 7.47. The minimum atomic E-state index is 0.217. The molecule has 3 heterocycles. The van der Waals surface area contributed by atoms with E-state index in [-0.39, 0.29) is 11.7 Å². The smallest absolute Gasteiger partial charge is 0.230 e. The normalized spacial score (nSPS) is 14.9. The van der Waals surface area contributed by atoms with Gasteiger partial charge in [-0.05, 0) is 55.3 Å². The number of fused-ring (bicyclic) bond motifs is 1. The van der Waals surface area contributed by atoms with Gasteiger partial charge < -0.3 is 19.3 Å². The van der Waals surface area contributed by atoms with Crippen molar-refractivity contribution in [2.75, 3.05) is 25.1 Å². The summed E-state index contributed by atoms with van der Waals surface area (Å²) < 4.78 is 11.0. The Balaban J connectivity index is 1.30. The molecule has 0 saturated carbocycles. The van der Waals surface area contributed by atoms with Crippen molar-refractivity contribution < 1.29 is 14.4 Å². The van der Waals surface area contributed by atoms with E-state index >= 15 is 0 Å². The summed E-state index contributed by atoms with van der Waals surface area (Å²) in [5, 5.41) is 14.6. The van der Waals surface area contributed by atoms with Crippen molar-refractivity contribution in [2.24, 2.45) is 0 Å². The van der Waals surface area contributed by atoms with Crippen LogP contribution in [0.3, 0.4) is 0 Å². The predicted octanol–water partition coefficient (Wildman–Crippen LogP) is 4.38. The summed E-state index contributed by atoms with van der Waals surface area (Å²) in [4.78, 5) is 11.7. The van der Waals surface area contributed by atoms with Crippen LogP contribution in [-0.2, 0) is 0 Å². The van der Waals surface area contributed by atoms with Gasteiger partial charge in [0.25, 0.3) is 0 Å². The number of ether oxygens (including phenoxy) is 1. The standard InChI is InChI=1S/C23H22N4O3/c1-29-19-4-2-3-15-7-10-20(24-21(15)19)27-13-11-17(12-14-27)23-25-22(26-30-23)16-5-8-18(28)9-6-16/h2-10,17,28H,11-14H2,1H3. The van der Waals surface area contributed by atoms with E-state index in [1.807, 2.05) is 18.2 Å². The van der Waals surface area contributed by atoms with Gasteiger partial charge >= 0.3 is 0 Å². The number of aromatic hydroxyl groups is 1. The van der Waals surface area contributed by atoms with Crippen molar-refractivity contribution in [3.05, 3.63) is 60.5 Å². The van der Waals surface area contributed by atoms with Gasteiger partial charge in [-0.25, -0.2) is 4.98 Å². The number of hydrogen-bond donors (Lipinski definition) is 1. The van der Waals surface area contributed by atoms with E-state index in [2.05, 4.69) is 27.2 Å². The molecule has 1 aliphatic heterocycles. The minimum Gasteiger partial charge on any atom is -0.508 e. The fourth-order valence-corrected chi connectivity index (χ4v) is 3.93. The van der Waals surface area contributed by atoms with Crippen molar-refractivity contribution in [2.45, 2.75) is 18.8 Å². The van der Waals surface area contributed by atoms with Crippen molar-refractivity contribution in [3.8, 4) is 22.9 Å². The van der Waals surface area contributed by atoms with Crippen LogP contribution in [0, 0.1) is 0 Å². The molecule has 1 fully saturated rings. The van der Waals surface area contributed by atoms with Crippen LogP contribution < -0.4 is 9.64 Å². The molecule has 1 saturated heterocycles. The molecule has 1 N–H and O–H groups in total. The predicted molar refractivity (Wildman–Crippen MR) is 114 cm³/mol. The number of methoxy groups -OCH3 is 1. The number of nitrogens with zero attached hydrogens (tertiary/aromatic N) is 4. The SMILES string of the molecule is COc1cccc2ccc(N3CCC(c4nc(-c5ccc(O)cc5)no4)CC3)nc12. The van der Waals surface area contributed by atoms with Crippen LogP contribution in [0.1, 0.15) is 24.7 Å². The fraction of sp³-hybridized carbons (Fsp3) is 0.261. The van der Waals surface area contributed by atoms with Gasteiger partial charge in [0.1, 0.15) is 22.8 Å². The second kappa shape index (κ2) is 7.67. The van der Waals surface area contributed by atoms with E-state index in [1.54, 1.807) is 31.4 Å². The molecule has 0 spiro atoms. The number of piperidine rings is 1. The van der Waals surface area contributed by atoms with E-state index in [1.165, 1.54) is 0 Å². The van der Waals surface area contributed by atoms with Gasteiger partial charge in [-0.3, -0.25) is 0 Å². The maximum atomic E-state index is 9.44. The summed E-state index contributed by atoms with van der Waals surface area (Å²) in [5.41, 5.74) is 1.71. The highest BCUT2D eigenvalue weighted by molar-refractivity contribution is 5.86. The molecule has 7 heteroatoms. The third-order valence-corrected chi connectivity index (χ3v) is 5.62. The van der Waals surface area contributed by atoms with Crippen LogP contribution in [-0.4, -0.2) is 40.4 Å². The summed E-state index contributed by atoms with van der Waals surface area (Å²) in [5.74, 6) is 3.42. The number of anilines is 1. The lowest BCUT2D eigenvalue weighted by molar-refractivity contribution is 0.329. The monoisotopic (exact) mass is 402 g/mol. The lowest BCUT2D eigenvalue weighted by Gasteiger charge is -2.31. The van der Waals surface area contributed by atoms with Crippen molar-refractivity contribution in [1.82, 2.24) is 15.1 Å². The van der Waals surface area contributed by atoms with Crippen molar-refractivity contribution in [1.29, 1.82) is 0 Å². The van der Waals surface area contributed by atoms with E-state index in [0.29, 0.717) is 11.7 Å². The summed E-state index contributed by atoms with van der Waals surface area (Å²) in [6.07, 6.45) is 1.84. The molecule has 2 aromatic heterocycles. The summed E-state index contributed by atoms with van der Waals surface area (Å²) >= 11 is 0. The molecule has 30 heavy (non-hydrogen) atoms. The van der Waals surface area contributed by atoms with E-state index < -0.39 is 0 Å². The summed E-state index contributed by atoms with van der Waals surface area (Å²) in [6.45, 7) is 1.74. The molecule has 0 atom stereocenters. The Morgan fingerprint density at radius 3 is 2.57 bits per heavy atom. The molecular weight excluding hydrogens is 380 g/mol. The Labute approximate surface area is 173 Å². The molecule has 7 nitrogen and oxygen atoms in total. The van der Waals surface area contributed by atoms with Gasteiger partial charge in [0.2, 0.25) is 11.7 Å². The number of aromatic nitrogens is 3. The average Bonchev–Trinajstić information content (AvgIpc) is 3.29. The molecule has 4 aromatic rings. The molecule has 152 valence electrons. The number of para-hydroxylation sites is 1. The number of hydrogen-bond acceptors (Lipinski definition) is 7. The number of phenols is 1. The maximum Gasteiger partial charge on any atom is 0.230 e. The zero-order valence-corrected chi connectivity index (χ0v) is 16.7. The Bertz CT molecular complexity index is 1160. The minimum absolute atomic E-state index is 0.217. The third-order valence-electron chi connectivity index (χ3n) is 5.62. The lowest BCUT2D eigenvalue weighted by atomic mass is 9.96. The molecule has 2 aromatic carbocycles. The summed E-state index contributed by atoms with van der Waals surface area (Å²) in [7, 11) is 1.67. The first-order valence-corrected chi connectivity index (χ1v) is 10.0. The quantitative estimate of drug-likeness (QED) is 0.542. The average molecular weight is 402 g/mol. The number of phenolic OH excluding ortho intramolecular Hbond substituents is 1. The number of benzene rings is 2. The van der Waals surface area contributed by atoms with Crippen molar-refractivity contribution >= 4 is 16.7 Å². The van der Waals surface area contributed by atoms with E-state index in [4.69, 9.17) is 14.2 Å². The van der Waals surface area contributed by atoms with Gasteiger partial charge in [0, 0.05) is 30.0 Å². The first-order chi connectivity index (χ1) is 14.7. The largest absolute Gasteiger partial charge is 0.508 e. The van der Waals surface area contributed by atoms with E-state index in [0.717, 1.165) is 54.0 Å². The highest BCUT2D eigenvalue weighted by Crippen LogP contribution is 2.32. The topological polar surface area (TPSA) is 84.5 Å². The first kappa shape index (κ1) is 18.4. The Morgan fingerprint density at radius 2 is 1.80 bits per heavy atom. The lowest BCUT2D eigenvalue weighted by Crippen LogP contribution is -2.33. The summed E-state index contributed by atoms with van der Waals surface area (Å²) in [6, 6.07) is 16.9. The molecular formula is C23H22N4O3. The molecule has 5 rings (SSSR count). The zero-order chi connectivity index (χ0) is 20.5. The van der Waals surface area contributed by atoms with Gasteiger partial charge in [0.15, 0.2) is 0 Å². The van der Waals surface area contributed by atoms with Crippen molar-refractivity contribution in [3.63, 3.8) is 0 Å². The molecule has 0 unspecified atom stereocenters. The first-order valence-electron chi connectivity index (χ1n) is 10.0. The third kappa shape index (κ3) is 3.43. The van der Waals surface area contributed by atoms with Gasteiger partial charge in [0.05, 0.1) is 7.11 Å². The number of rotatable bonds is 4. The fourth-order valence-electron chi connectivity index (χ4n) is 3.93. The van der Waals surface area contributed by atoms with Crippen LogP contribution in [0.4, 0.5) is 5.82 Å². The highest BCUT2D eigenvalue weighted by Gasteiger charge is 2.26. The number of pyridine rings is 1. The van der Waals surface area contributed by atoms with Crippen LogP contribution in [0.5, 0.6) is 11.5 Å². The Hall–Kier alpha value is -3.61. The Morgan fingerprint density at radius 1 is 1.00 bits per heavy atom. The molecule has 0 aliphatic carbocycles. The molecule has 1 aliphatic rings. The van der Waals surface area contributed by atoms with Gasteiger partial charge in [-0.2, -0.15) is 4.98 Å². The highest BCUT2D eigenvalue weighted by atomic mass is 16.5.